The highest BCUT2D eigenvalue weighted by Gasteiger charge is 2.33. The lowest BCUT2D eigenvalue weighted by Crippen LogP contribution is -2.39. The Balaban J connectivity index is 2.06. The van der Waals surface area contributed by atoms with Gasteiger partial charge < -0.3 is 9.84 Å². The first-order valence-corrected chi connectivity index (χ1v) is 8.73. The number of sulfone groups is 1. The minimum Gasteiger partial charge on any atom is -0.339 e. The summed E-state index contributed by atoms with van der Waals surface area (Å²) in [7, 11) is -1.01. The molecule has 6 nitrogen and oxygen atoms in total. The quantitative estimate of drug-likeness (QED) is 0.898. The molecule has 2 unspecified atom stereocenters. The second kappa shape index (κ2) is 5.44. The maximum Gasteiger partial charge on any atom is 0.228 e. The zero-order valence-electron chi connectivity index (χ0n) is 12.5. The van der Waals surface area contributed by atoms with Gasteiger partial charge in [0.1, 0.15) is 0 Å². The molecule has 1 aromatic heterocycles. The number of aromatic nitrogens is 2. The van der Waals surface area contributed by atoms with Crippen molar-refractivity contribution in [2.24, 2.45) is 5.41 Å². The first kappa shape index (κ1) is 15.4. The SMILES string of the molecule is CNC(Cc1nc(C2CCS(=O)(=O)C2)no1)C(C)(C)C. The van der Waals surface area contributed by atoms with Gasteiger partial charge in [-0.15, -0.1) is 0 Å². The maximum absolute atomic E-state index is 11.5. The third kappa shape index (κ3) is 3.58. The molecule has 1 fully saturated rings. The lowest BCUT2D eigenvalue weighted by molar-refractivity contribution is 0.255. The molecule has 0 aliphatic carbocycles. The summed E-state index contributed by atoms with van der Waals surface area (Å²) in [5, 5.41) is 7.21. The molecule has 0 radical (unpaired) electrons. The summed E-state index contributed by atoms with van der Waals surface area (Å²) in [6.07, 6.45) is 1.24. The van der Waals surface area contributed by atoms with Crippen LogP contribution in [-0.2, 0) is 16.3 Å². The summed E-state index contributed by atoms with van der Waals surface area (Å²) in [6.45, 7) is 6.44. The van der Waals surface area contributed by atoms with Crippen LogP contribution in [0.5, 0.6) is 0 Å². The number of hydrogen-bond donors (Lipinski definition) is 1. The Kier molecular flexibility index (Phi) is 4.20. The fraction of sp³-hybridized carbons (Fsp3) is 0.846. The van der Waals surface area contributed by atoms with E-state index in [1.54, 1.807) is 0 Å². The highest BCUT2D eigenvalue weighted by molar-refractivity contribution is 7.91. The first-order valence-electron chi connectivity index (χ1n) is 6.91. The van der Waals surface area contributed by atoms with Crippen LogP contribution in [0.15, 0.2) is 4.52 Å². The van der Waals surface area contributed by atoms with E-state index in [1.165, 1.54) is 0 Å². The Morgan fingerprint density at radius 1 is 1.45 bits per heavy atom. The molecule has 114 valence electrons. The second-order valence-corrected chi connectivity index (χ2v) is 8.79. The van der Waals surface area contributed by atoms with Gasteiger partial charge in [-0.25, -0.2) is 8.42 Å². The predicted octanol–water partition coefficient (Wildman–Crippen LogP) is 1.15. The molecule has 7 heteroatoms. The van der Waals surface area contributed by atoms with Gasteiger partial charge in [-0.3, -0.25) is 0 Å². The van der Waals surface area contributed by atoms with Crippen LogP contribution in [0, 0.1) is 5.41 Å². The van der Waals surface area contributed by atoms with Crippen LogP contribution in [0.2, 0.25) is 0 Å². The topological polar surface area (TPSA) is 85.1 Å². The van der Waals surface area contributed by atoms with E-state index in [-0.39, 0.29) is 28.9 Å². The predicted molar refractivity (Wildman–Crippen MR) is 76.3 cm³/mol. The van der Waals surface area contributed by atoms with Gasteiger partial charge >= 0.3 is 0 Å². The van der Waals surface area contributed by atoms with Crippen molar-refractivity contribution in [2.75, 3.05) is 18.6 Å². The number of nitrogens with zero attached hydrogens (tertiary/aromatic N) is 2. The van der Waals surface area contributed by atoms with Gasteiger partial charge in [0.25, 0.3) is 0 Å². The van der Waals surface area contributed by atoms with E-state index in [2.05, 4.69) is 36.2 Å². The summed E-state index contributed by atoms with van der Waals surface area (Å²) >= 11 is 0. The van der Waals surface area contributed by atoms with E-state index in [9.17, 15) is 8.42 Å². The molecule has 1 aliphatic rings. The molecule has 0 amide bonds. The van der Waals surface area contributed by atoms with Crippen LogP contribution >= 0.6 is 0 Å². The van der Waals surface area contributed by atoms with Crippen LogP contribution in [0.1, 0.15) is 44.8 Å². The summed E-state index contributed by atoms with van der Waals surface area (Å²) in [5.74, 6) is 1.35. The molecule has 0 saturated carbocycles. The number of nitrogens with one attached hydrogen (secondary N) is 1. The van der Waals surface area contributed by atoms with Gasteiger partial charge in [0.05, 0.1) is 11.5 Å². The van der Waals surface area contributed by atoms with E-state index in [0.29, 0.717) is 24.6 Å². The monoisotopic (exact) mass is 301 g/mol. The molecule has 0 spiro atoms. The minimum atomic E-state index is -2.92. The summed E-state index contributed by atoms with van der Waals surface area (Å²) in [5.41, 5.74) is 0.0834. The van der Waals surface area contributed by atoms with Gasteiger partial charge in [0, 0.05) is 18.4 Å². The number of hydrogen-bond acceptors (Lipinski definition) is 6. The normalized spacial score (nSPS) is 23.9. The van der Waals surface area contributed by atoms with Crippen LogP contribution < -0.4 is 5.32 Å². The molecule has 20 heavy (non-hydrogen) atoms. The molecule has 1 aromatic rings. The Bertz CT molecular complexity index is 560. The van der Waals surface area contributed by atoms with Crippen molar-refractivity contribution in [1.29, 1.82) is 0 Å². The molecule has 2 heterocycles. The first-order chi connectivity index (χ1) is 9.21. The molecular formula is C13H23N3O3S. The van der Waals surface area contributed by atoms with Crippen molar-refractivity contribution >= 4 is 9.84 Å². The average Bonchev–Trinajstić information content (AvgIpc) is 2.90. The molecule has 0 bridgehead atoms. The Morgan fingerprint density at radius 3 is 2.65 bits per heavy atom. The lowest BCUT2D eigenvalue weighted by Gasteiger charge is -2.29. The van der Waals surface area contributed by atoms with Crippen LogP contribution in [0.4, 0.5) is 0 Å². The zero-order valence-corrected chi connectivity index (χ0v) is 13.3. The van der Waals surface area contributed by atoms with Crippen molar-refractivity contribution in [1.82, 2.24) is 15.5 Å². The van der Waals surface area contributed by atoms with Crippen molar-refractivity contribution in [2.45, 2.75) is 45.6 Å². The Morgan fingerprint density at radius 2 is 2.15 bits per heavy atom. The summed E-state index contributed by atoms with van der Waals surface area (Å²) in [6, 6.07) is 0.225. The molecule has 1 aliphatic heterocycles. The van der Waals surface area contributed by atoms with Crippen molar-refractivity contribution in [3.05, 3.63) is 11.7 Å². The largest absolute Gasteiger partial charge is 0.339 e. The molecule has 2 rings (SSSR count). The highest BCUT2D eigenvalue weighted by Crippen LogP contribution is 2.27. The fourth-order valence-corrected chi connectivity index (χ4v) is 4.27. The van der Waals surface area contributed by atoms with Gasteiger partial charge in [-0.2, -0.15) is 4.98 Å². The average molecular weight is 301 g/mol. The molecule has 2 atom stereocenters. The van der Waals surface area contributed by atoms with Crippen molar-refractivity contribution in [3.8, 4) is 0 Å². The highest BCUT2D eigenvalue weighted by atomic mass is 32.2. The Hall–Kier alpha value is -0.950. The van der Waals surface area contributed by atoms with Crippen LogP contribution in [0.25, 0.3) is 0 Å². The van der Waals surface area contributed by atoms with Gasteiger partial charge in [-0.1, -0.05) is 25.9 Å². The maximum atomic E-state index is 11.5. The molecule has 1 N–H and O–H groups in total. The molecule has 1 saturated heterocycles. The lowest BCUT2D eigenvalue weighted by atomic mass is 9.85. The van der Waals surface area contributed by atoms with Crippen molar-refractivity contribution < 1.29 is 12.9 Å². The van der Waals surface area contributed by atoms with Gasteiger partial charge in [0.15, 0.2) is 15.7 Å². The standard InChI is InChI=1S/C13H23N3O3S/c1-13(2,3)10(14-4)7-11-15-12(16-19-11)9-5-6-20(17,18)8-9/h9-10,14H,5-8H2,1-4H3. The smallest absolute Gasteiger partial charge is 0.228 e. The number of rotatable bonds is 4. The molecular weight excluding hydrogens is 278 g/mol. The molecule has 0 aromatic carbocycles. The second-order valence-electron chi connectivity index (χ2n) is 6.56. The Labute approximate surface area is 120 Å². The van der Waals surface area contributed by atoms with Crippen molar-refractivity contribution in [3.63, 3.8) is 0 Å². The third-order valence-corrected chi connectivity index (χ3v) is 5.62. The third-order valence-electron chi connectivity index (χ3n) is 3.85. The van der Waals surface area contributed by atoms with E-state index < -0.39 is 9.84 Å². The minimum absolute atomic E-state index is 0.0834. The van der Waals surface area contributed by atoms with E-state index >= 15 is 0 Å². The van der Waals surface area contributed by atoms with E-state index in [0.717, 1.165) is 0 Å². The number of likely N-dealkylation sites (N-methyl/N-ethyl adjacent to an activating group) is 1. The zero-order chi connectivity index (χ0) is 15.0. The van der Waals surface area contributed by atoms with E-state index in [4.69, 9.17) is 4.52 Å². The summed E-state index contributed by atoms with van der Waals surface area (Å²) in [4.78, 5) is 4.38. The van der Waals surface area contributed by atoms with Gasteiger partial charge in [-0.05, 0) is 18.9 Å². The van der Waals surface area contributed by atoms with E-state index in [1.807, 2.05) is 7.05 Å². The van der Waals surface area contributed by atoms with Crippen LogP contribution in [0.3, 0.4) is 0 Å². The fourth-order valence-electron chi connectivity index (χ4n) is 2.53. The van der Waals surface area contributed by atoms with Crippen LogP contribution in [-0.4, -0.2) is 43.2 Å². The van der Waals surface area contributed by atoms with Gasteiger partial charge in [0.2, 0.25) is 5.89 Å². The summed E-state index contributed by atoms with van der Waals surface area (Å²) < 4.78 is 28.2.